The van der Waals surface area contributed by atoms with Crippen molar-refractivity contribution >= 4 is 39.1 Å². The number of halogens is 2. The molecule has 0 spiro atoms. The molecule has 4 aliphatic rings. The Morgan fingerprint density at radius 2 is 1.76 bits per heavy atom. The van der Waals surface area contributed by atoms with E-state index in [0.29, 0.717) is 11.8 Å². The normalized spacial score (nSPS) is 40.3. The highest BCUT2D eigenvalue weighted by molar-refractivity contribution is 9.10. The molecular formula is C17H19BrClNO. The van der Waals surface area contributed by atoms with E-state index in [1.807, 2.05) is 24.3 Å². The molecule has 1 aromatic rings. The van der Waals surface area contributed by atoms with E-state index >= 15 is 0 Å². The Bertz CT molecular complexity index is 571. The molecule has 4 aliphatic carbocycles. The van der Waals surface area contributed by atoms with Gasteiger partial charge in [0.15, 0.2) is 0 Å². The van der Waals surface area contributed by atoms with Gasteiger partial charge < -0.3 is 5.32 Å². The highest BCUT2D eigenvalue weighted by atomic mass is 79.9. The minimum atomic E-state index is -0.223. The maximum atomic E-state index is 12.9. The number of benzene rings is 1. The van der Waals surface area contributed by atoms with Crippen LogP contribution in [-0.2, 0) is 4.79 Å². The molecule has 4 atom stereocenters. The number of carbonyl (C=O) groups excluding carboxylic acids is 1. The molecule has 4 saturated carbocycles. The predicted octanol–water partition coefficient (Wildman–Crippen LogP) is 4.97. The predicted molar refractivity (Wildman–Crippen MR) is 88.5 cm³/mol. The summed E-state index contributed by atoms with van der Waals surface area (Å²) in [6.45, 7) is 0. The van der Waals surface area contributed by atoms with Crippen molar-refractivity contribution in [2.45, 2.75) is 43.4 Å². The van der Waals surface area contributed by atoms with Gasteiger partial charge in [0.25, 0.3) is 0 Å². The molecule has 0 aliphatic heterocycles. The van der Waals surface area contributed by atoms with Crippen LogP contribution in [0.3, 0.4) is 0 Å². The van der Waals surface area contributed by atoms with Crippen LogP contribution in [-0.4, -0.2) is 10.8 Å². The van der Waals surface area contributed by atoms with Crippen molar-refractivity contribution in [3.8, 4) is 0 Å². The number of nitrogens with one attached hydrogen (secondary N) is 1. The van der Waals surface area contributed by atoms with Gasteiger partial charge in [-0.15, -0.1) is 11.6 Å². The summed E-state index contributed by atoms with van der Waals surface area (Å²) in [5, 5.41) is 3.12. The van der Waals surface area contributed by atoms with E-state index < -0.39 is 0 Å². The van der Waals surface area contributed by atoms with Gasteiger partial charge in [0, 0.05) is 15.0 Å². The van der Waals surface area contributed by atoms with E-state index in [2.05, 4.69) is 21.2 Å². The first kappa shape index (κ1) is 14.1. The molecule has 4 bridgehead atoms. The SMILES string of the molecule is O=C(Nc1ccc(Br)cc1)C12C[C@@H]3C[C@@H](CC(Cl)(C3)C1)C2. The van der Waals surface area contributed by atoms with E-state index in [9.17, 15) is 4.79 Å². The third kappa shape index (κ3) is 2.43. The molecule has 0 saturated heterocycles. The first-order valence-corrected chi connectivity index (χ1v) is 8.90. The third-order valence-electron chi connectivity index (χ3n) is 5.57. The van der Waals surface area contributed by atoms with Crippen LogP contribution < -0.4 is 5.32 Å². The van der Waals surface area contributed by atoms with Crippen LogP contribution in [0.5, 0.6) is 0 Å². The number of rotatable bonds is 2. The van der Waals surface area contributed by atoms with Gasteiger partial charge in [-0.3, -0.25) is 4.79 Å². The summed E-state index contributed by atoms with van der Waals surface area (Å²) in [6.07, 6.45) is 6.41. The van der Waals surface area contributed by atoms with Crippen LogP contribution in [0.25, 0.3) is 0 Å². The maximum absolute atomic E-state index is 12.9. The van der Waals surface area contributed by atoms with Crippen molar-refractivity contribution in [1.82, 2.24) is 0 Å². The molecule has 1 N–H and O–H groups in total. The van der Waals surface area contributed by atoms with Crippen molar-refractivity contribution in [2.75, 3.05) is 5.32 Å². The second-order valence-electron chi connectivity index (χ2n) is 7.35. The van der Waals surface area contributed by atoms with E-state index in [-0.39, 0.29) is 16.2 Å². The molecule has 4 fully saturated rings. The summed E-state index contributed by atoms with van der Waals surface area (Å²) < 4.78 is 1.02. The molecule has 5 rings (SSSR count). The fourth-order valence-corrected chi connectivity index (χ4v) is 6.17. The van der Waals surface area contributed by atoms with Gasteiger partial charge in [0.05, 0.1) is 5.41 Å². The lowest BCUT2D eigenvalue weighted by Crippen LogP contribution is -2.57. The summed E-state index contributed by atoms with van der Waals surface area (Å²) in [4.78, 5) is 12.8. The van der Waals surface area contributed by atoms with Crippen LogP contribution >= 0.6 is 27.5 Å². The Morgan fingerprint density at radius 1 is 1.14 bits per heavy atom. The number of alkyl halides is 1. The topological polar surface area (TPSA) is 29.1 Å². The van der Waals surface area contributed by atoms with Crippen LogP contribution in [0.15, 0.2) is 28.7 Å². The number of anilines is 1. The zero-order valence-electron chi connectivity index (χ0n) is 11.9. The number of carbonyl (C=O) groups is 1. The zero-order chi connectivity index (χ0) is 14.7. The van der Waals surface area contributed by atoms with Gasteiger partial charge in [-0.25, -0.2) is 0 Å². The largest absolute Gasteiger partial charge is 0.326 e. The summed E-state index contributed by atoms with van der Waals surface area (Å²) in [6, 6.07) is 7.80. The second kappa shape index (κ2) is 4.73. The molecule has 1 amide bonds. The van der Waals surface area contributed by atoms with Crippen LogP contribution in [0.2, 0.25) is 0 Å². The quantitative estimate of drug-likeness (QED) is 0.734. The fourth-order valence-electron chi connectivity index (χ4n) is 5.21. The monoisotopic (exact) mass is 367 g/mol. The van der Waals surface area contributed by atoms with Crippen molar-refractivity contribution < 1.29 is 4.79 Å². The minimum absolute atomic E-state index is 0.110. The van der Waals surface area contributed by atoms with Gasteiger partial charge >= 0.3 is 0 Å². The minimum Gasteiger partial charge on any atom is -0.326 e. The van der Waals surface area contributed by atoms with Crippen molar-refractivity contribution in [3.05, 3.63) is 28.7 Å². The first-order valence-electron chi connectivity index (χ1n) is 7.72. The third-order valence-corrected chi connectivity index (χ3v) is 6.54. The fraction of sp³-hybridized carbons (Fsp3) is 0.588. The van der Waals surface area contributed by atoms with Gasteiger partial charge in [0.1, 0.15) is 0 Å². The van der Waals surface area contributed by atoms with E-state index in [1.165, 1.54) is 6.42 Å². The van der Waals surface area contributed by atoms with Gasteiger partial charge in [0.2, 0.25) is 5.91 Å². The number of amides is 1. The summed E-state index contributed by atoms with van der Waals surface area (Å²) in [5.74, 6) is 1.49. The Balaban J connectivity index is 1.57. The zero-order valence-corrected chi connectivity index (χ0v) is 14.2. The van der Waals surface area contributed by atoms with Crippen molar-refractivity contribution in [3.63, 3.8) is 0 Å². The molecule has 1 aromatic carbocycles. The summed E-state index contributed by atoms with van der Waals surface area (Å²) in [5.41, 5.74) is 0.654. The molecule has 2 nitrogen and oxygen atoms in total. The lowest BCUT2D eigenvalue weighted by atomic mass is 9.49. The Kier molecular flexibility index (Phi) is 3.17. The molecular weight excluding hydrogens is 350 g/mol. The van der Waals surface area contributed by atoms with Crippen molar-refractivity contribution in [1.29, 1.82) is 0 Å². The highest BCUT2D eigenvalue weighted by Crippen LogP contribution is 2.64. The Morgan fingerprint density at radius 3 is 2.33 bits per heavy atom. The first-order chi connectivity index (χ1) is 9.96. The average molecular weight is 369 g/mol. The Hall–Kier alpha value is -0.540. The van der Waals surface area contributed by atoms with Crippen LogP contribution in [0.4, 0.5) is 5.69 Å². The summed E-state index contributed by atoms with van der Waals surface area (Å²) in [7, 11) is 0. The molecule has 112 valence electrons. The van der Waals surface area contributed by atoms with Crippen LogP contribution in [0.1, 0.15) is 38.5 Å². The molecule has 0 heterocycles. The van der Waals surface area contributed by atoms with E-state index in [4.69, 9.17) is 11.6 Å². The standard InChI is InChI=1S/C17H19BrClNO/c18-13-1-3-14(4-2-13)20-15(21)16-6-11-5-12(7-16)9-17(19,8-11)10-16/h1-4,11-12H,5-10H2,(H,20,21)/t11-,12+,16?,17?. The lowest BCUT2D eigenvalue weighted by Gasteiger charge is -2.59. The average Bonchev–Trinajstić information content (AvgIpc) is 2.38. The van der Waals surface area contributed by atoms with Crippen molar-refractivity contribution in [2.24, 2.45) is 17.3 Å². The van der Waals surface area contributed by atoms with Gasteiger partial charge in [-0.2, -0.15) is 0 Å². The number of hydrogen-bond acceptors (Lipinski definition) is 1. The lowest BCUT2D eigenvalue weighted by molar-refractivity contribution is -0.138. The summed E-state index contributed by atoms with van der Waals surface area (Å²) >= 11 is 10.2. The number of hydrogen-bond donors (Lipinski definition) is 1. The van der Waals surface area contributed by atoms with Gasteiger partial charge in [-0.05, 0) is 74.6 Å². The molecule has 21 heavy (non-hydrogen) atoms. The van der Waals surface area contributed by atoms with Gasteiger partial charge in [-0.1, -0.05) is 15.9 Å². The molecule has 4 heteroatoms. The van der Waals surface area contributed by atoms with Crippen LogP contribution in [0, 0.1) is 17.3 Å². The molecule has 0 aromatic heterocycles. The van der Waals surface area contributed by atoms with E-state index in [1.54, 1.807) is 0 Å². The molecule has 0 radical (unpaired) electrons. The highest BCUT2D eigenvalue weighted by Gasteiger charge is 2.60. The molecule has 2 unspecified atom stereocenters. The Labute approximate surface area is 138 Å². The smallest absolute Gasteiger partial charge is 0.230 e. The van der Waals surface area contributed by atoms with E-state index in [0.717, 1.165) is 42.3 Å². The maximum Gasteiger partial charge on any atom is 0.230 e. The second-order valence-corrected chi connectivity index (χ2v) is 9.07.